The molecule has 1 saturated carbocycles. The van der Waals surface area contributed by atoms with Crippen LogP contribution in [0.3, 0.4) is 0 Å². The number of rotatable bonds is 9. The molecule has 124 valence electrons. The van der Waals surface area contributed by atoms with E-state index >= 15 is 0 Å². The average molecular weight is 317 g/mol. The van der Waals surface area contributed by atoms with E-state index in [1.807, 2.05) is 6.92 Å². The van der Waals surface area contributed by atoms with Gasteiger partial charge in [0.25, 0.3) is 0 Å². The second-order valence-electron chi connectivity index (χ2n) is 6.36. The Morgan fingerprint density at radius 3 is 2.62 bits per heavy atom. The van der Waals surface area contributed by atoms with E-state index in [-0.39, 0.29) is 17.2 Å². The fourth-order valence-corrected chi connectivity index (χ4v) is 3.39. The zero-order valence-corrected chi connectivity index (χ0v) is 14.2. The van der Waals surface area contributed by atoms with Gasteiger partial charge in [-0.1, -0.05) is 45.4 Å². The van der Waals surface area contributed by atoms with Crippen molar-refractivity contribution in [3.63, 3.8) is 0 Å². The quantitative estimate of drug-likeness (QED) is 0.493. The van der Waals surface area contributed by atoms with Gasteiger partial charge >= 0.3 is 0 Å². The van der Waals surface area contributed by atoms with E-state index in [4.69, 9.17) is 5.73 Å². The molecule has 1 rings (SSSR count). The second-order valence-corrected chi connectivity index (χ2v) is 6.98. The van der Waals surface area contributed by atoms with Crippen LogP contribution in [-0.2, 0) is 4.79 Å². The van der Waals surface area contributed by atoms with Gasteiger partial charge in [-0.05, 0) is 25.2 Å². The number of carbonyl (C=O) groups is 1. The molecule has 0 aromatic carbocycles. The van der Waals surface area contributed by atoms with Crippen LogP contribution in [0.15, 0.2) is 0 Å². The molecule has 0 aromatic rings. The zero-order chi connectivity index (χ0) is 15.7. The largest absolute Gasteiger partial charge is 0.391 e. The summed E-state index contributed by atoms with van der Waals surface area (Å²) >= 11 is 4.26. The lowest BCUT2D eigenvalue weighted by molar-refractivity contribution is -0.120. The highest BCUT2D eigenvalue weighted by molar-refractivity contribution is 7.81. The molecule has 5 heteroatoms. The monoisotopic (exact) mass is 316 g/mol. The highest BCUT2D eigenvalue weighted by Gasteiger charge is 2.22. The number of thiol groups is 1. The fourth-order valence-electron chi connectivity index (χ4n) is 3.04. The molecule has 1 fully saturated rings. The van der Waals surface area contributed by atoms with Gasteiger partial charge in [0, 0.05) is 12.6 Å². The normalized spacial score (nSPS) is 20.8. The Morgan fingerprint density at radius 1 is 1.33 bits per heavy atom. The average Bonchev–Trinajstić information content (AvgIpc) is 2.48. The molecule has 0 saturated heterocycles. The number of aliphatic hydroxyl groups is 1. The van der Waals surface area contributed by atoms with Crippen molar-refractivity contribution in [2.45, 2.75) is 82.1 Å². The lowest BCUT2D eigenvalue weighted by atomic mass is 9.83. The number of hydrogen-bond donors (Lipinski definition) is 4. The molecule has 1 amide bonds. The predicted molar refractivity (Wildman–Crippen MR) is 90.5 cm³/mol. The van der Waals surface area contributed by atoms with Gasteiger partial charge < -0.3 is 16.2 Å². The molecule has 0 radical (unpaired) electrons. The van der Waals surface area contributed by atoms with E-state index in [9.17, 15) is 9.90 Å². The molecule has 21 heavy (non-hydrogen) atoms. The SMILES string of the molecule is CCCC(S)C(=O)NCC[C@H](O)[C@@H](N)CC1CCCCC1. The van der Waals surface area contributed by atoms with Crippen LogP contribution in [0.5, 0.6) is 0 Å². The summed E-state index contributed by atoms with van der Waals surface area (Å²) < 4.78 is 0. The first kappa shape index (κ1) is 18.8. The molecule has 4 nitrogen and oxygen atoms in total. The molecule has 0 bridgehead atoms. The minimum Gasteiger partial charge on any atom is -0.391 e. The maximum Gasteiger partial charge on any atom is 0.232 e. The van der Waals surface area contributed by atoms with Crippen LogP contribution >= 0.6 is 12.6 Å². The van der Waals surface area contributed by atoms with Crippen molar-refractivity contribution in [3.05, 3.63) is 0 Å². The summed E-state index contributed by atoms with van der Waals surface area (Å²) in [4.78, 5) is 11.7. The Balaban J connectivity index is 2.16. The van der Waals surface area contributed by atoms with Crippen LogP contribution in [0.2, 0.25) is 0 Å². The number of hydrogen-bond acceptors (Lipinski definition) is 4. The van der Waals surface area contributed by atoms with Crippen molar-refractivity contribution in [2.24, 2.45) is 11.7 Å². The van der Waals surface area contributed by atoms with Crippen LogP contribution in [-0.4, -0.2) is 35.0 Å². The first-order valence-electron chi connectivity index (χ1n) is 8.44. The predicted octanol–water partition coefficient (Wildman–Crippen LogP) is 2.25. The standard InChI is InChI=1S/C16H32N2O2S/c1-2-6-15(21)16(20)18-10-9-14(19)13(17)11-12-7-4-3-5-8-12/h12-15,19,21H,2-11,17H2,1H3,(H,18,20)/t13-,14-,15?/m0/s1. The van der Waals surface area contributed by atoms with Gasteiger partial charge in [-0.15, -0.1) is 0 Å². The van der Waals surface area contributed by atoms with E-state index in [2.05, 4.69) is 17.9 Å². The lowest BCUT2D eigenvalue weighted by Gasteiger charge is -2.27. The molecule has 4 N–H and O–H groups in total. The third-order valence-corrected chi connectivity index (χ3v) is 4.92. The van der Waals surface area contributed by atoms with Gasteiger partial charge in [0.2, 0.25) is 5.91 Å². The van der Waals surface area contributed by atoms with Gasteiger partial charge in [-0.25, -0.2) is 0 Å². The van der Waals surface area contributed by atoms with Gasteiger partial charge in [0.15, 0.2) is 0 Å². The van der Waals surface area contributed by atoms with Crippen LogP contribution < -0.4 is 11.1 Å². The summed E-state index contributed by atoms with van der Waals surface area (Å²) in [7, 11) is 0. The highest BCUT2D eigenvalue weighted by atomic mass is 32.1. The van der Waals surface area contributed by atoms with Crippen molar-refractivity contribution in [3.8, 4) is 0 Å². The Hall–Kier alpha value is -0.260. The Kier molecular flexibility index (Phi) is 9.36. The van der Waals surface area contributed by atoms with E-state index in [0.717, 1.165) is 19.3 Å². The fraction of sp³-hybridized carbons (Fsp3) is 0.938. The summed E-state index contributed by atoms with van der Waals surface area (Å²) in [5.74, 6) is 0.623. The summed E-state index contributed by atoms with van der Waals surface area (Å²) in [6.45, 7) is 2.50. The van der Waals surface area contributed by atoms with Gasteiger partial charge in [0.05, 0.1) is 11.4 Å². The number of amides is 1. The van der Waals surface area contributed by atoms with Gasteiger partial charge in [-0.2, -0.15) is 12.6 Å². The van der Waals surface area contributed by atoms with Crippen molar-refractivity contribution >= 4 is 18.5 Å². The van der Waals surface area contributed by atoms with E-state index in [1.54, 1.807) is 0 Å². The molecular formula is C16H32N2O2S. The van der Waals surface area contributed by atoms with Crippen molar-refractivity contribution in [1.29, 1.82) is 0 Å². The van der Waals surface area contributed by atoms with Crippen molar-refractivity contribution in [2.75, 3.05) is 6.54 Å². The smallest absolute Gasteiger partial charge is 0.232 e. The molecule has 3 atom stereocenters. The van der Waals surface area contributed by atoms with Gasteiger partial charge in [-0.3, -0.25) is 4.79 Å². The molecule has 0 spiro atoms. The van der Waals surface area contributed by atoms with Crippen molar-refractivity contribution in [1.82, 2.24) is 5.32 Å². The van der Waals surface area contributed by atoms with E-state index in [1.165, 1.54) is 32.1 Å². The molecule has 0 heterocycles. The molecule has 0 aliphatic heterocycles. The summed E-state index contributed by atoms with van der Waals surface area (Å²) in [5.41, 5.74) is 6.09. The zero-order valence-electron chi connectivity index (χ0n) is 13.3. The van der Waals surface area contributed by atoms with Gasteiger partial charge in [0.1, 0.15) is 0 Å². The summed E-state index contributed by atoms with van der Waals surface area (Å²) in [5, 5.41) is 12.7. The molecule has 0 aromatic heterocycles. The topological polar surface area (TPSA) is 75.3 Å². The first-order valence-corrected chi connectivity index (χ1v) is 8.95. The second kappa shape index (κ2) is 10.5. The Labute approximate surface area is 134 Å². The molecule has 1 aliphatic rings. The Bertz CT molecular complexity index is 296. The van der Waals surface area contributed by atoms with Crippen LogP contribution in [0.4, 0.5) is 0 Å². The Morgan fingerprint density at radius 2 is 2.00 bits per heavy atom. The minimum absolute atomic E-state index is 0.0479. The molecule has 1 unspecified atom stereocenters. The number of carbonyl (C=O) groups excluding carboxylic acids is 1. The maximum absolute atomic E-state index is 11.7. The van der Waals surface area contributed by atoms with Crippen LogP contribution in [0.1, 0.15) is 64.7 Å². The highest BCUT2D eigenvalue weighted by Crippen LogP contribution is 2.27. The third-order valence-electron chi connectivity index (χ3n) is 4.43. The van der Waals surface area contributed by atoms with E-state index < -0.39 is 6.10 Å². The van der Waals surface area contributed by atoms with Crippen LogP contribution in [0, 0.1) is 5.92 Å². The van der Waals surface area contributed by atoms with Crippen molar-refractivity contribution < 1.29 is 9.90 Å². The van der Waals surface area contributed by atoms with Crippen LogP contribution in [0.25, 0.3) is 0 Å². The third kappa shape index (κ3) is 7.52. The summed E-state index contributed by atoms with van der Waals surface area (Å²) in [6.07, 6.45) is 9.03. The maximum atomic E-state index is 11.7. The molecular weight excluding hydrogens is 284 g/mol. The first-order chi connectivity index (χ1) is 10.0. The minimum atomic E-state index is -0.531. The lowest BCUT2D eigenvalue weighted by Crippen LogP contribution is -2.40. The number of aliphatic hydroxyl groups excluding tert-OH is 1. The number of nitrogens with one attached hydrogen (secondary N) is 1. The van der Waals surface area contributed by atoms with E-state index in [0.29, 0.717) is 18.9 Å². The number of nitrogens with two attached hydrogens (primary N) is 1. The molecule has 1 aliphatic carbocycles. The summed E-state index contributed by atoms with van der Waals surface area (Å²) in [6, 6.07) is -0.174.